The minimum atomic E-state index is -3.81. The van der Waals surface area contributed by atoms with Crippen molar-refractivity contribution in [3.05, 3.63) is 66.1 Å². The van der Waals surface area contributed by atoms with Crippen molar-refractivity contribution in [3.63, 3.8) is 0 Å². The molecular formula is C23H25N3O4S. The summed E-state index contributed by atoms with van der Waals surface area (Å²) >= 11 is 0. The zero-order valence-corrected chi connectivity index (χ0v) is 18.4. The molecule has 31 heavy (non-hydrogen) atoms. The fraction of sp³-hybridized carbons (Fsp3) is 0.261. The van der Waals surface area contributed by atoms with Gasteiger partial charge in [-0.15, -0.1) is 0 Å². The summed E-state index contributed by atoms with van der Waals surface area (Å²) in [7, 11) is -0.153. The molecule has 162 valence electrons. The van der Waals surface area contributed by atoms with Gasteiger partial charge in [0.15, 0.2) is 0 Å². The van der Waals surface area contributed by atoms with Crippen LogP contribution in [0.2, 0.25) is 0 Å². The average molecular weight is 440 g/mol. The van der Waals surface area contributed by atoms with E-state index in [0.717, 1.165) is 24.4 Å². The first-order valence-corrected chi connectivity index (χ1v) is 11.5. The van der Waals surface area contributed by atoms with Crippen molar-refractivity contribution in [2.75, 3.05) is 45.2 Å². The number of rotatable bonds is 6. The van der Waals surface area contributed by atoms with Crippen molar-refractivity contribution in [1.82, 2.24) is 9.88 Å². The number of hydrogen-bond donors (Lipinski definition) is 0. The molecule has 0 aliphatic carbocycles. The highest BCUT2D eigenvalue weighted by Gasteiger charge is 2.31. The van der Waals surface area contributed by atoms with Gasteiger partial charge < -0.3 is 19.0 Å². The van der Waals surface area contributed by atoms with Gasteiger partial charge in [0.05, 0.1) is 12.0 Å². The van der Waals surface area contributed by atoms with Gasteiger partial charge in [0.1, 0.15) is 5.75 Å². The maximum atomic E-state index is 13.3. The molecule has 1 saturated heterocycles. The second-order valence-corrected chi connectivity index (χ2v) is 9.24. The number of piperazine rings is 1. The number of methoxy groups -OCH3 is 1. The summed E-state index contributed by atoms with van der Waals surface area (Å²) in [5, 5.41) is -0.0439. The Morgan fingerprint density at radius 2 is 1.65 bits per heavy atom. The van der Waals surface area contributed by atoms with E-state index in [1.807, 2.05) is 42.3 Å². The molecule has 7 nitrogen and oxygen atoms in total. The van der Waals surface area contributed by atoms with Crippen molar-refractivity contribution < 1.29 is 17.6 Å². The predicted octanol–water partition coefficient (Wildman–Crippen LogP) is 3.44. The molecule has 0 saturated carbocycles. The topological polar surface area (TPSA) is 75.9 Å². The summed E-state index contributed by atoms with van der Waals surface area (Å²) < 4.78 is 37.8. The van der Waals surface area contributed by atoms with E-state index in [1.54, 1.807) is 43.5 Å². The van der Waals surface area contributed by atoms with Crippen LogP contribution in [0.4, 0.5) is 5.88 Å². The van der Waals surface area contributed by atoms with Crippen LogP contribution >= 0.6 is 0 Å². The number of oxazole rings is 1. The molecule has 0 spiro atoms. The molecule has 1 aliphatic heterocycles. The fourth-order valence-corrected chi connectivity index (χ4v) is 4.71. The number of anilines is 1. The normalized spacial score (nSPS) is 15.5. The lowest BCUT2D eigenvalue weighted by Gasteiger charge is -2.32. The van der Waals surface area contributed by atoms with Gasteiger partial charge in [-0.25, -0.2) is 8.42 Å². The van der Waals surface area contributed by atoms with E-state index in [0.29, 0.717) is 19.0 Å². The summed E-state index contributed by atoms with van der Waals surface area (Å²) in [5.74, 6) is 1.31. The third-order valence-corrected chi connectivity index (χ3v) is 6.90. The SMILES string of the molecule is COc1ccc(/C=C/c2nc(S(=O)(=O)c3ccccc3)c(N3CCN(C)CC3)o2)cc1. The summed E-state index contributed by atoms with van der Waals surface area (Å²) in [6.07, 6.45) is 3.52. The Hall–Kier alpha value is -3.10. The number of hydrogen-bond acceptors (Lipinski definition) is 7. The summed E-state index contributed by atoms with van der Waals surface area (Å²) in [5.41, 5.74) is 0.924. The van der Waals surface area contributed by atoms with E-state index in [9.17, 15) is 8.42 Å². The van der Waals surface area contributed by atoms with Crippen LogP contribution in [0, 0.1) is 0 Å². The van der Waals surface area contributed by atoms with Gasteiger partial charge >= 0.3 is 0 Å². The van der Waals surface area contributed by atoms with Crippen molar-refractivity contribution in [2.24, 2.45) is 0 Å². The fourth-order valence-electron chi connectivity index (χ4n) is 3.36. The molecule has 0 radical (unpaired) electrons. The molecule has 8 heteroatoms. The first kappa shape index (κ1) is 21.1. The summed E-state index contributed by atoms with van der Waals surface area (Å²) in [4.78, 5) is 8.73. The van der Waals surface area contributed by atoms with E-state index in [2.05, 4.69) is 9.88 Å². The Bertz CT molecular complexity index is 1150. The molecule has 0 bridgehead atoms. The Morgan fingerprint density at radius 3 is 2.29 bits per heavy atom. The molecule has 0 unspecified atom stereocenters. The van der Waals surface area contributed by atoms with Gasteiger partial charge in [-0.05, 0) is 43.0 Å². The predicted molar refractivity (Wildman–Crippen MR) is 120 cm³/mol. The quantitative estimate of drug-likeness (QED) is 0.582. The summed E-state index contributed by atoms with van der Waals surface area (Å²) in [6, 6.07) is 15.9. The van der Waals surface area contributed by atoms with Gasteiger partial charge in [0, 0.05) is 32.3 Å². The number of nitrogens with zero attached hydrogens (tertiary/aromatic N) is 3. The number of sulfone groups is 1. The zero-order valence-electron chi connectivity index (χ0n) is 17.6. The van der Waals surface area contributed by atoms with E-state index in [-0.39, 0.29) is 15.8 Å². The molecule has 1 aliphatic rings. The number of benzene rings is 2. The van der Waals surface area contributed by atoms with Crippen molar-refractivity contribution in [3.8, 4) is 5.75 Å². The Labute approximate surface area is 182 Å². The van der Waals surface area contributed by atoms with Crippen LogP contribution < -0.4 is 9.64 Å². The summed E-state index contributed by atoms with van der Waals surface area (Å²) in [6.45, 7) is 2.99. The van der Waals surface area contributed by atoms with E-state index >= 15 is 0 Å². The first-order chi connectivity index (χ1) is 15.0. The van der Waals surface area contributed by atoms with Gasteiger partial charge in [-0.2, -0.15) is 4.98 Å². The largest absolute Gasteiger partial charge is 0.497 e. The number of aromatic nitrogens is 1. The Balaban J connectivity index is 1.70. The molecule has 1 aromatic heterocycles. The lowest BCUT2D eigenvalue weighted by atomic mass is 10.2. The Kier molecular flexibility index (Phi) is 6.11. The van der Waals surface area contributed by atoms with Gasteiger partial charge in [0.2, 0.25) is 26.6 Å². The van der Waals surface area contributed by atoms with Crippen LogP contribution in [0.25, 0.3) is 12.2 Å². The Morgan fingerprint density at radius 1 is 0.968 bits per heavy atom. The lowest BCUT2D eigenvalue weighted by molar-refractivity contribution is 0.305. The maximum Gasteiger partial charge on any atom is 0.236 e. The van der Waals surface area contributed by atoms with Crippen LogP contribution in [-0.2, 0) is 9.84 Å². The third-order valence-electron chi connectivity index (χ3n) is 5.23. The van der Waals surface area contributed by atoms with E-state index in [4.69, 9.17) is 9.15 Å². The number of likely N-dealkylation sites (N-methyl/N-ethyl adjacent to an activating group) is 1. The van der Waals surface area contributed by atoms with Crippen molar-refractivity contribution in [1.29, 1.82) is 0 Å². The second kappa shape index (κ2) is 8.95. The maximum absolute atomic E-state index is 13.3. The minimum Gasteiger partial charge on any atom is -0.497 e. The highest BCUT2D eigenvalue weighted by Crippen LogP contribution is 2.32. The van der Waals surface area contributed by atoms with Gasteiger partial charge in [-0.3, -0.25) is 0 Å². The first-order valence-electron chi connectivity index (χ1n) is 10.0. The van der Waals surface area contributed by atoms with Crippen LogP contribution in [0.1, 0.15) is 11.5 Å². The molecule has 2 heterocycles. The van der Waals surface area contributed by atoms with Crippen molar-refractivity contribution >= 4 is 27.9 Å². The standard InChI is InChI=1S/C23H25N3O4S/c1-25-14-16-26(17-15-25)23-22(31(27,28)20-6-4-3-5-7-20)24-21(30-23)13-10-18-8-11-19(29-2)12-9-18/h3-13H,14-17H2,1-2H3/b13-10+. The van der Waals surface area contributed by atoms with E-state index in [1.165, 1.54) is 0 Å². The smallest absolute Gasteiger partial charge is 0.236 e. The zero-order chi connectivity index (χ0) is 21.8. The molecule has 4 rings (SSSR count). The number of ether oxygens (including phenoxy) is 1. The van der Waals surface area contributed by atoms with Crippen LogP contribution in [0.15, 0.2) is 68.9 Å². The molecular weight excluding hydrogens is 414 g/mol. The second-order valence-electron chi connectivity index (χ2n) is 7.38. The van der Waals surface area contributed by atoms with Crippen LogP contribution in [0.5, 0.6) is 5.75 Å². The van der Waals surface area contributed by atoms with Crippen LogP contribution in [0.3, 0.4) is 0 Å². The third kappa shape index (κ3) is 4.65. The molecule has 2 aromatic carbocycles. The van der Waals surface area contributed by atoms with Crippen LogP contribution in [-0.4, -0.2) is 58.6 Å². The van der Waals surface area contributed by atoms with Gasteiger partial charge in [0.25, 0.3) is 0 Å². The lowest BCUT2D eigenvalue weighted by Crippen LogP contribution is -2.44. The average Bonchev–Trinajstić information content (AvgIpc) is 3.24. The van der Waals surface area contributed by atoms with E-state index < -0.39 is 9.84 Å². The molecule has 3 aromatic rings. The molecule has 1 fully saturated rings. The van der Waals surface area contributed by atoms with Gasteiger partial charge in [-0.1, -0.05) is 30.3 Å². The molecule has 0 atom stereocenters. The molecule has 0 amide bonds. The highest BCUT2D eigenvalue weighted by molar-refractivity contribution is 7.91. The molecule has 0 N–H and O–H groups in total. The monoisotopic (exact) mass is 439 g/mol. The highest BCUT2D eigenvalue weighted by atomic mass is 32.2. The minimum absolute atomic E-state index is 0.0439. The van der Waals surface area contributed by atoms with Crippen molar-refractivity contribution in [2.45, 2.75) is 9.92 Å².